The zero-order valence-electron chi connectivity index (χ0n) is 18.6. The van der Waals surface area contributed by atoms with Crippen LogP contribution in [0.15, 0.2) is 42.5 Å². The minimum absolute atomic E-state index is 0.0241. The minimum Gasteiger partial charge on any atom is -0.493 e. The third-order valence-corrected chi connectivity index (χ3v) is 6.21. The summed E-state index contributed by atoms with van der Waals surface area (Å²) in [5.74, 6) is 1.67. The number of benzene rings is 2. The van der Waals surface area contributed by atoms with E-state index in [1.165, 1.54) is 12.8 Å². The van der Waals surface area contributed by atoms with Gasteiger partial charge in [-0.1, -0.05) is 49.2 Å². The first-order valence-corrected chi connectivity index (χ1v) is 10.6. The van der Waals surface area contributed by atoms with E-state index in [1.54, 1.807) is 26.2 Å². The lowest BCUT2D eigenvalue weighted by molar-refractivity contribution is -0.135. The Balaban J connectivity index is 1.88. The maximum absolute atomic E-state index is 13.6. The van der Waals surface area contributed by atoms with Gasteiger partial charge in [0.2, 0.25) is 5.91 Å². The molecule has 1 N–H and O–H groups in total. The number of amides is 1. The lowest BCUT2D eigenvalue weighted by atomic mass is 9.89. The molecule has 0 unspecified atom stereocenters. The Morgan fingerprint density at radius 3 is 2.37 bits per heavy atom. The van der Waals surface area contributed by atoms with Gasteiger partial charge in [0.15, 0.2) is 11.5 Å². The Hall–Kier alpha value is -2.53. The lowest BCUT2D eigenvalue weighted by Crippen LogP contribution is -2.41. The number of nitrogens with zero attached hydrogens (tertiary/aromatic N) is 1. The maximum Gasteiger partial charge on any atom is 0.230 e. The van der Waals surface area contributed by atoms with E-state index in [1.807, 2.05) is 56.3 Å². The van der Waals surface area contributed by atoms with Crippen LogP contribution in [0.3, 0.4) is 0 Å². The highest BCUT2D eigenvalue weighted by Crippen LogP contribution is 2.42. The van der Waals surface area contributed by atoms with Crippen LogP contribution in [0.1, 0.15) is 54.9 Å². The topological polar surface area (TPSA) is 59.0 Å². The van der Waals surface area contributed by atoms with E-state index in [4.69, 9.17) is 9.47 Å². The molecular formula is C25H33NO4. The first-order chi connectivity index (χ1) is 14.4. The summed E-state index contributed by atoms with van der Waals surface area (Å²) in [4.78, 5) is 15.3. The summed E-state index contributed by atoms with van der Waals surface area (Å²) in [5.41, 5.74) is 2.70. The van der Waals surface area contributed by atoms with Gasteiger partial charge in [-0.25, -0.2) is 0 Å². The normalized spacial score (nSPS) is 16.5. The molecule has 3 atom stereocenters. The van der Waals surface area contributed by atoms with Crippen molar-refractivity contribution in [1.82, 2.24) is 4.90 Å². The molecule has 5 nitrogen and oxygen atoms in total. The Kier molecular flexibility index (Phi) is 7.03. The molecule has 1 amide bonds. The molecule has 0 aromatic heterocycles. The first kappa shape index (κ1) is 22.2. The second-order valence-electron chi connectivity index (χ2n) is 8.35. The molecule has 1 aliphatic rings. The van der Waals surface area contributed by atoms with Crippen molar-refractivity contribution >= 4 is 5.91 Å². The number of hydrogen-bond acceptors (Lipinski definition) is 4. The van der Waals surface area contributed by atoms with Gasteiger partial charge >= 0.3 is 0 Å². The van der Waals surface area contributed by atoms with E-state index < -0.39 is 6.10 Å². The van der Waals surface area contributed by atoms with E-state index >= 15 is 0 Å². The molecule has 0 heterocycles. The summed E-state index contributed by atoms with van der Waals surface area (Å²) >= 11 is 0. The maximum atomic E-state index is 13.6. The van der Waals surface area contributed by atoms with Gasteiger partial charge in [-0.05, 0) is 48.9 Å². The predicted octanol–water partition coefficient (Wildman–Crippen LogP) is 4.48. The van der Waals surface area contributed by atoms with E-state index in [0.29, 0.717) is 17.4 Å². The zero-order chi connectivity index (χ0) is 21.8. The molecule has 0 bridgehead atoms. The van der Waals surface area contributed by atoms with Crippen LogP contribution < -0.4 is 9.47 Å². The lowest BCUT2D eigenvalue weighted by Gasteiger charge is -2.32. The Labute approximate surface area is 179 Å². The van der Waals surface area contributed by atoms with Gasteiger partial charge in [-0.2, -0.15) is 0 Å². The van der Waals surface area contributed by atoms with Gasteiger partial charge in [0.05, 0.1) is 32.3 Å². The van der Waals surface area contributed by atoms with Gasteiger partial charge in [0.1, 0.15) is 0 Å². The molecule has 30 heavy (non-hydrogen) atoms. The van der Waals surface area contributed by atoms with Crippen molar-refractivity contribution in [3.8, 4) is 11.5 Å². The number of aliphatic hydroxyl groups is 1. The van der Waals surface area contributed by atoms with Crippen LogP contribution in [-0.2, 0) is 4.79 Å². The molecule has 1 aliphatic carbocycles. The van der Waals surface area contributed by atoms with E-state index in [9.17, 15) is 9.90 Å². The number of likely N-dealkylation sites (N-methyl/N-ethyl adjacent to an activating group) is 1. The highest BCUT2D eigenvalue weighted by molar-refractivity contribution is 5.84. The number of carbonyl (C=O) groups is 1. The van der Waals surface area contributed by atoms with E-state index in [-0.39, 0.29) is 17.9 Å². The first-order valence-electron chi connectivity index (χ1n) is 10.6. The Bertz CT molecular complexity index is 863. The van der Waals surface area contributed by atoms with E-state index in [2.05, 4.69) is 0 Å². The molecule has 2 aromatic carbocycles. The summed E-state index contributed by atoms with van der Waals surface area (Å²) in [7, 11) is 5.02. The largest absolute Gasteiger partial charge is 0.493 e. The molecular weight excluding hydrogens is 378 g/mol. The Morgan fingerprint density at radius 2 is 1.80 bits per heavy atom. The van der Waals surface area contributed by atoms with Crippen LogP contribution in [-0.4, -0.2) is 43.2 Å². The van der Waals surface area contributed by atoms with Crippen LogP contribution in [0.2, 0.25) is 0 Å². The third-order valence-electron chi connectivity index (χ3n) is 6.21. The van der Waals surface area contributed by atoms with Crippen molar-refractivity contribution in [3.63, 3.8) is 0 Å². The monoisotopic (exact) mass is 411 g/mol. The fraction of sp³-hybridized carbons (Fsp3) is 0.480. The number of aryl methyl sites for hydroxylation is 1. The molecule has 2 aromatic rings. The van der Waals surface area contributed by atoms with Crippen molar-refractivity contribution in [2.24, 2.45) is 5.92 Å². The van der Waals surface area contributed by atoms with Gasteiger partial charge in [-0.15, -0.1) is 0 Å². The highest BCUT2D eigenvalue weighted by atomic mass is 16.5. The fourth-order valence-corrected chi connectivity index (χ4v) is 4.04. The molecule has 0 spiro atoms. The number of carbonyl (C=O) groups excluding carboxylic acids is 1. The number of ether oxygens (including phenoxy) is 2. The molecule has 0 radical (unpaired) electrons. The second kappa shape index (κ2) is 9.52. The van der Waals surface area contributed by atoms with Crippen LogP contribution >= 0.6 is 0 Å². The van der Waals surface area contributed by atoms with Gasteiger partial charge < -0.3 is 19.5 Å². The van der Waals surface area contributed by atoms with Gasteiger partial charge in [0.25, 0.3) is 0 Å². The van der Waals surface area contributed by atoms with Crippen molar-refractivity contribution in [2.75, 3.05) is 21.3 Å². The zero-order valence-corrected chi connectivity index (χ0v) is 18.6. The van der Waals surface area contributed by atoms with Gasteiger partial charge in [0, 0.05) is 7.05 Å². The molecule has 1 saturated carbocycles. The van der Waals surface area contributed by atoms with Crippen molar-refractivity contribution < 1.29 is 19.4 Å². The van der Waals surface area contributed by atoms with Crippen LogP contribution in [0, 0.1) is 12.8 Å². The standard InChI is InChI=1S/C25H33NO4/c1-16-13-20(15-22(29-4)24(16)30-5)21(14-18-11-12-18)25(28)26(3)17(2)23(27)19-9-7-6-8-10-19/h6-10,13,15,17-18,21,23,27H,11-12,14H2,1-5H3/t17-,21-,23+/m0/s1. The smallest absolute Gasteiger partial charge is 0.230 e. The summed E-state index contributed by atoms with van der Waals surface area (Å²) in [6.45, 7) is 3.86. The van der Waals surface area contributed by atoms with Gasteiger partial charge in [-0.3, -0.25) is 4.79 Å². The summed E-state index contributed by atoms with van der Waals surface area (Å²) in [6.07, 6.45) is 2.41. The average molecular weight is 412 g/mol. The number of hydrogen-bond donors (Lipinski definition) is 1. The highest BCUT2D eigenvalue weighted by Gasteiger charge is 2.35. The van der Waals surface area contributed by atoms with Crippen LogP contribution in [0.25, 0.3) is 0 Å². The van der Waals surface area contributed by atoms with Crippen molar-refractivity contribution in [1.29, 1.82) is 0 Å². The summed E-state index contributed by atoms with van der Waals surface area (Å²) < 4.78 is 11.0. The summed E-state index contributed by atoms with van der Waals surface area (Å²) in [5, 5.41) is 10.8. The van der Waals surface area contributed by atoms with E-state index in [0.717, 1.165) is 23.1 Å². The quantitative estimate of drug-likeness (QED) is 0.661. The molecule has 3 rings (SSSR count). The number of methoxy groups -OCH3 is 2. The Morgan fingerprint density at radius 1 is 1.13 bits per heavy atom. The minimum atomic E-state index is -0.742. The molecule has 0 aliphatic heterocycles. The van der Waals surface area contributed by atoms with Crippen molar-refractivity contribution in [2.45, 2.75) is 51.2 Å². The summed E-state index contributed by atoms with van der Waals surface area (Å²) in [6, 6.07) is 13.1. The second-order valence-corrected chi connectivity index (χ2v) is 8.35. The van der Waals surface area contributed by atoms with Crippen molar-refractivity contribution in [3.05, 3.63) is 59.2 Å². The molecule has 1 fully saturated rings. The fourth-order valence-electron chi connectivity index (χ4n) is 4.04. The number of rotatable bonds is 9. The molecule has 0 saturated heterocycles. The SMILES string of the molecule is COc1cc([C@H](CC2CC2)C(=O)N(C)[C@@H](C)[C@@H](O)c2ccccc2)cc(C)c1OC. The molecule has 162 valence electrons. The predicted molar refractivity (Wildman–Crippen MR) is 118 cm³/mol. The third kappa shape index (κ3) is 4.78. The average Bonchev–Trinajstić information content (AvgIpc) is 3.59. The molecule has 5 heteroatoms. The van der Waals surface area contributed by atoms with Crippen LogP contribution in [0.4, 0.5) is 0 Å². The van der Waals surface area contributed by atoms with Crippen LogP contribution in [0.5, 0.6) is 11.5 Å². The number of aliphatic hydroxyl groups excluding tert-OH is 1.